The van der Waals surface area contributed by atoms with E-state index in [1.54, 1.807) is 0 Å². The minimum Gasteiger partial charge on any atom is -0.382 e. The van der Waals surface area contributed by atoms with Gasteiger partial charge >= 0.3 is 0 Å². The van der Waals surface area contributed by atoms with Crippen LogP contribution in [0.5, 0.6) is 0 Å². The van der Waals surface area contributed by atoms with Crippen LogP contribution < -0.4 is 5.73 Å². The number of benzene rings is 1. The van der Waals surface area contributed by atoms with Gasteiger partial charge in [0.1, 0.15) is 12.1 Å². The van der Waals surface area contributed by atoms with Gasteiger partial charge in [0.15, 0.2) is 27.9 Å². The number of hydrogen-bond donors (Lipinski definition) is 1. The van der Waals surface area contributed by atoms with E-state index < -0.39 is 0 Å². The summed E-state index contributed by atoms with van der Waals surface area (Å²) in [5.74, 6) is 0.872. The number of rotatable bonds is 6. The zero-order chi connectivity index (χ0) is 21.5. The van der Waals surface area contributed by atoms with Gasteiger partial charge in [-0.2, -0.15) is 0 Å². The molecule has 31 heavy (non-hydrogen) atoms. The number of aryl methyl sites for hydroxylation is 2. The van der Waals surface area contributed by atoms with Crippen LogP contribution in [0.1, 0.15) is 35.2 Å². The van der Waals surface area contributed by atoms with Crippen LogP contribution in [0.3, 0.4) is 0 Å². The van der Waals surface area contributed by atoms with Crippen molar-refractivity contribution in [2.75, 3.05) is 25.4 Å². The zero-order valence-corrected chi connectivity index (χ0v) is 19.8. The molecule has 1 saturated heterocycles. The number of fused-ring (bicyclic) bond motifs is 2. The highest BCUT2D eigenvalue weighted by Gasteiger charge is 2.24. The lowest BCUT2D eigenvalue weighted by Crippen LogP contribution is -2.23. The molecule has 0 radical (unpaired) electrons. The highest BCUT2D eigenvalue weighted by atomic mass is 127. The van der Waals surface area contributed by atoms with Crippen LogP contribution in [0.4, 0.5) is 5.82 Å². The summed E-state index contributed by atoms with van der Waals surface area (Å²) in [6, 6.07) is 4.10. The van der Waals surface area contributed by atoms with Crippen LogP contribution in [0.15, 0.2) is 28.5 Å². The van der Waals surface area contributed by atoms with Gasteiger partial charge in [-0.15, -0.1) is 0 Å². The molecule has 10 heteroatoms. The second-order valence-electron chi connectivity index (χ2n) is 7.86. The molecule has 3 heterocycles. The number of aromatic nitrogens is 4. The van der Waals surface area contributed by atoms with Crippen LogP contribution in [-0.4, -0.2) is 55.6 Å². The Bertz CT molecular complexity index is 1210. The van der Waals surface area contributed by atoms with Gasteiger partial charge in [-0.25, -0.2) is 15.0 Å². The number of likely N-dealkylation sites (tertiary alicyclic amines) is 1. The first-order chi connectivity index (χ1) is 15.0. The van der Waals surface area contributed by atoms with Crippen molar-refractivity contribution in [3.63, 3.8) is 0 Å². The number of anilines is 1. The van der Waals surface area contributed by atoms with Gasteiger partial charge < -0.3 is 10.3 Å². The van der Waals surface area contributed by atoms with Crippen molar-refractivity contribution in [1.29, 1.82) is 0 Å². The number of nitrogens with zero attached hydrogens (tertiary/aromatic N) is 5. The third-order valence-electron chi connectivity index (χ3n) is 5.77. The van der Waals surface area contributed by atoms with E-state index in [2.05, 4.69) is 48.1 Å². The second kappa shape index (κ2) is 8.47. The van der Waals surface area contributed by atoms with E-state index in [1.165, 1.54) is 18.1 Å². The van der Waals surface area contributed by atoms with Crippen molar-refractivity contribution >= 4 is 62.9 Å². The predicted octanol–water partition coefficient (Wildman–Crippen LogP) is 2.96. The first kappa shape index (κ1) is 20.8. The lowest BCUT2D eigenvalue weighted by atomic mass is 10.1. The van der Waals surface area contributed by atoms with Crippen LogP contribution in [-0.2, 0) is 17.8 Å². The van der Waals surface area contributed by atoms with Gasteiger partial charge in [-0.1, -0.05) is 11.8 Å². The molecule has 0 unspecified atom stereocenters. The van der Waals surface area contributed by atoms with Gasteiger partial charge in [-0.05, 0) is 53.1 Å². The number of hydrogen-bond acceptors (Lipinski definition) is 8. The second-order valence-corrected chi connectivity index (χ2v) is 10.0. The van der Waals surface area contributed by atoms with Crippen molar-refractivity contribution in [2.24, 2.45) is 0 Å². The number of Topliss-reactive ketones (excluding diaryl/α,β-unsaturated/α-hetero) is 2. The first-order valence-electron chi connectivity index (χ1n) is 10.2. The molecular formula is C21H21IN6O2S. The summed E-state index contributed by atoms with van der Waals surface area (Å²) in [4.78, 5) is 40.2. The summed E-state index contributed by atoms with van der Waals surface area (Å²) in [5, 5.41) is 0.781. The maximum Gasteiger partial charge on any atom is 0.175 e. The summed E-state index contributed by atoms with van der Waals surface area (Å²) < 4.78 is 3.17. The number of nitrogens with two attached hydrogens (primary N) is 1. The monoisotopic (exact) mass is 548 g/mol. The molecule has 2 N–H and O–H groups in total. The lowest BCUT2D eigenvalue weighted by molar-refractivity contribution is -0.116. The van der Waals surface area contributed by atoms with Crippen molar-refractivity contribution in [3.05, 3.63) is 33.2 Å². The molecule has 0 atom stereocenters. The van der Waals surface area contributed by atoms with Crippen LogP contribution in [0.2, 0.25) is 0 Å². The maximum atomic E-state index is 12.2. The van der Waals surface area contributed by atoms with Crippen molar-refractivity contribution in [3.8, 4) is 0 Å². The fourth-order valence-electron chi connectivity index (χ4n) is 4.17. The third-order valence-corrected chi connectivity index (χ3v) is 8.08. The van der Waals surface area contributed by atoms with E-state index in [-0.39, 0.29) is 5.78 Å². The van der Waals surface area contributed by atoms with E-state index in [4.69, 9.17) is 10.7 Å². The molecule has 5 rings (SSSR count). The highest BCUT2D eigenvalue weighted by Crippen LogP contribution is 2.37. The number of halogens is 1. The highest BCUT2D eigenvalue weighted by molar-refractivity contribution is 14.1. The Labute approximate surface area is 197 Å². The number of carbonyl (C=O) groups excluding carboxylic acids is 2. The quantitative estimate of drug-likeness (QED) is 0.469. The minimum absolute atomic E-state index is 0.206. The Balaban J connectivity index is 1.45. The maximum absolute atomic E-state index is 12.2. The van der Waals surface area contributed by atoms with E-state index in [0.717, 1.165) is 50.7 Å². The van der Waals surface area contributed by atoms with Gasteiger partial charge in [0.2, 0.25) is 0 Å². The van der Waals surface area contributed by atoms with E-state index >= 15 is 0 Å². The number of ketones is 2. The van der Waals surface area contributed by atoms with Gasteiger partial charge in [0.05, 0.1) is 6.54 Å². The fraction of sp³-hybridized carbons (Fsp3) is 0.381. The van der Waals surface area contributed by atoms with Crippen LogP contribution >= 0.6 is 34.4 Å². The average molecular weight is 548 g/mol. The molecule has 8 nitrogen and oxygen atoms in total. The number of nitrogen functional groups attached to an aromatic ring is 1. The lowest BCUT2D eigenvalue weighted by Gasteiger charge is -2.15. The molecule has 0 amide bonds. The van der Waals surface area contributed by atoms with Gasteiger partial charge in [0, 0.05) is 46.5 Å². The summed E-state index contributed by atoms with van der Waals surface area (Å²) in [7, 11) is 0. The van der Waals surface area contributed by atoms with E-state index in [0.29, 0.717) is 48.7 Å². The molecule has 1 aliphatic heterocycles. The summed E-state index contributed by atoms with van der Waals surface area (Å²) in [6.07, 6.45) is 4.38. The molecular weight excluding hydrogens is 527 g/mol. The van der Waals surface area contributed by atoms with Crippen molar-refractivity contribution in [2.45, 2.75) is 42.3 Å². The zero-order valence-electron chi connectivity index (χ0n) is 16.8. The molecule has 1 aromatic carbocycles. The van der Waals surface area contributed by atoms with E-state index in [9.17, 15) is 9.59 Å². The Hall–Kier alpha value is -2.05. The molecule has 1 fully saturated rings. The average Bonchev–Trinajstić information content (AvgIpc) is 3.42. The van der Waals surface area contributed by atoms with E-state index in [1.807, 2.05) is 6.07 Å². The third kappa shape index (κ3) is 4.08. The van der Waals surface area contributed by atoms with Crippen molar-refractivity contribution in [1.82, 2.24) is 24.4 Å². The fourth-order valence-corrected chi connectivity index (χ4v) is 5.98. The molecule has 3 aromatic rings. The Morgan fingerprint density at radius 2 is 2.00 bits per heavy atom. The first-order valence-corrected chi connectivity index (χ1v) is 12.1. The largest absolute Gasteiger partial charge is 0.382 e. The minimum atomic E-state index is 0.206. The molecule has 0 bridgehead atoms. The molecule has 2 aromatic heterocycles. The molecule has 1 aliphatic carbocycles. The predicted molar refractivity (Wildman–Crippen MR) is 126 cm³/mol. The molecule has 2 aliphatic rings. The molecule has 0 saturated carbocycles. The Morgan fingerprint density at radius 3 is 2.81 bits per heavy atom. The van der Waals surface area contributed by atoms with Crippen LogP contribution in [0.25, 0.3) is 11.2 Å². The molecule has 160 valence electrons. The Morgan fingerprint density at radius 1 is 1.13 bits per heavy atom. The Kier molecular flexibility index (Phi) is 5.69. The normalized spacial score (nSPS) is 16.5. The van der Waals surface area contributed by atoms with Crippen molar-refractivity contribution < 1.29 is 9.59 Å². The number of imidazole rings is 1. The topological polar surface area (TPSA) is 107 Å². The van der Waals surface area contributed by atoms with Crippen LogP contribution in [0, 0.1) is 3.57 Å². The SMILES string of the molecule is Nc1ncnc2c1nc(Sc1cc3c(cc1I)CCC3=O)n2CCCN1CCC(=O)C1. The van der Waals surface area contributed by atoms with Gasteiger partial charge in [-0.3, -0.25) is 14.5 Å². The number of carbonyl (C=O) groups is 2. The summed E-state index contributed by atoms with van der Waals surface area (Å²) >= 11 is 3.85. The van der Waals surface area contributed by atoms with Gasteiger partial charge in [0.25, 0.3) is 0 Å². The standard InChI is InChI=1S/C21H21IN6O2S/c22-15-8-12-2-3-16(30)14(12)9-17(15)31-21-26-18-19(23)24-11-25-20(18)28(21)6-1-5-27-7-4-13(29)10-27/h8-9,11H,1-7,10H2,(H2,23,24,25). The molecule has 0 spiro atoms. The summed E-state index contributed by atoms with van der Waals surface area (Å²) in [5.41, 5.74) is 9.32. The summed E-state index contributed by atoms with van der Waals surface area (Å²) in [6.45, 7) is 2.94. The smallest absolute Gasteiger partial charge is 0.175 e.